The van der Waals surface area contributed by atoms with Crippen molar-refractivity contribution in [3.05, 3.63) is 48.6 Å². The van der Waals surface area contributed by atoms with E-state index < -0.39 is 36.1 Å². The fraction of sp³-hybridized carbons (Fsp3) is 0.613. The van der Waals surface area contributed by atoms with Crippen LogP contribution in [0.15, 0.2) is 43.0 Å². The quantitative estimate of drug-likeness (QED) is 0.316. The van der Waals surface area contributed by atoms with E-state index in [-0.39, 0.29) is 35.6 Å². The molecule has 7 nitrogen and oxygen atoms in total. The van der Waals surface area contributed by atoms with Gasteiger partial charge in [0.2, 0.25) is 0 Å². The van der Waals surface area contributed by atoms with Gasteiger partial charge in [0, 0.05) is 23.2 Å². The Balaban J connectivity index is 1.37. The number of ether oxygens (including phenoxy) is 2. The Kier molecular flexibility index (Phi) is 7.36. The summed E-state index contributed by atoms with van der Waals surface area (Å²) in [6, 6.07) is 7.11. The van der Waals surface area contributed by atoms with E-state index in [0.29, 0.717) is 30.7 Å². The van der Waals surface area contributed by atoms with Gasteiger partial charge >= 0.3 is 13.1 Å². The fourth-order valence-electron chi connectivity index (χ4n) is 8.26. The van der Waals surface area contributed by atoms with Crippen LogP contribution in [-0.4, -0.2) is 54.4 Å². The summed E-state index contributed by atoms with van der Waals surface area (Å²) < 4.78 is 17.2. The van der Waals surface area contributed by atoms with E-state index in [9.17, 15) is 19.7 Å². The van der Waals surface area contributed by atoms with E-state index in [1.807, 2.05) is 25.1 Å². The number of carbonyl (C=O) groups is 2. The summed E-state index contributed by atoms with van der Waals surface area (Å²) in [6.45, 7) is 12.5. The lowest BCUT2D eigenvalue weighted by Crippen LogP contribution is -2.63. The molecule has 0 amide bonds. The number of carbonyl (C=O) groups excluding carboxylic acids is 2. The Morgan fingerprint density at radius 2 is 1.95 bits per heavy atom. The number of aliphatic hydroxyl groups is 1. The first-order valence-electron chi connectivity index (χ1n) is 14.2. The molecule has 3 aliphatic carbocycles. The number of hydrogen-bond acceptors (Lipinski definition) is 7. The molecule has 0 radical (unpaired) electrons. The second-order valence-corrected chi connectivity index (χ2v) is 12.7. The van der Waals surface area contributed by atoms with Crippen LogP contribution in [0.2, 0.25) is 0 Å². The summed E-state index contributed by atoms with van der Waals surface area (Å²) in [5.74, 6) is 0.0728. The van der Waals surface area contributed by atoms with Crippen LogP contribution < -0.4 is 4.74 Å². The topological polar surface area (TPSA) is 102 Å². The predicted molar refractivity (Wildman–Crippen MR) is 148 cm³/mol. The van der Waals surface area contributed by atoms with Crippen LogP contribution in [0.3, 0.4) is 0 Å². The van der Waals surface area contributed by atoms with E-state index in [2.05, 4.69) is 27.4 Å². The number of benzene rings is 1. The first-order chi connectivity index (χ1) is 18.5. The summed E-state index contributed by atoms with van der Waals surface area (Å²) in [4.78, 5) is 26.8. The van der Waals surface area contributed by atoms with Gasteiger partial charge in [0.15, 0.2) is 6.61 Å². The van der Waals surface area contributed by atoms with Crippen molar-refractivity contribution < 1.29 is 33.8 Å². The minimum absolute atomic E-state index is 0.0700. The molecule has 0 aromatic heterocycles. The lowest BCUT2D eigenvalue weighted by atomic mass is 9.44. The molecule has 0 spiro atoms. The highest BCUT2D eigenvalue weighted by molar-refractivity contribution is 6.67. The van der Waals surface area contributed by atoms with Crippen molar-refractivity contribution in [1.82, 2.24) is 0 Å². The zero-order chi connectivity index (χ0) is 28.2. The van der Waals surface area contributed by atoms with Gasteiger partial charge in [-0.2, -0.15) is 0 Å². The molecular formula is C31H41BO7. The molecule has 0 unspecified atom stereocenters. The summed E-state index contributed by atoms with van der Waals surface area (Å²) in [7, 11) is -0.938. The van der Waals surface area contributed by atoms with Crippen molar-refractivity contribution in [3.63, 3.8) is 0 Å². The van der Waals surface area contributed by atoms with E-state index in [1.54, 1.807) is 18.2 Å². The molecule has 3 fully saturated rings. The van der Waals surface area contributed by atoms with Crippen molar-refractivity contribution in [1.29, 1.82) is 0 Å². The largest absolute Gasteiger partial charge is 0.491 e. The maximum Gasteiger partial charge on any atom is 0.491 e. The molecule has 8 atom stereocenters. The second-order valence-electron chi connectivity index (χ2n) is 12.7. The molecule has 1 aromatic rings. The Bertz CT molecular complexity index is 1160. The number of Topliss-reactive ketones (excluding diaryl/α,β-unsaturated/α-hetero) is 1. The monoisotopic (exact) mass is 536 g/mol. The van der Waals surface area contributed by atoms with Gasteiger partial charge in [-0.05, 0) is 66.1 Å². The number of rotatable bonds is 6. The zero-order valence-electron chi connectivity index (χ0n) is 23.5. The van der Waals surface area contributed by atoms with E-state index in [1.165, 1.54) is 0 Å². The molecule has 1 heterocycles. The third-order valence-electron chi connectivity index (χ3n) is 10.9. The molecule has 1 aromatic carbocycles. The van der Waals surface area contributed by atoms with Gasteiger partial charge < -0.3 is 24.3 Å². The molecule has 39 heavy (non-hydrogen) atoms. The Hall–Kier alpha value is -2.42. The van der Waals surface area contributed by atoms with Gasteiger partial charge in [-0.3, -0.25) is 4.79 Å². The SMILES string of the molecule is C=C[C@]1(C)C[C@@H](OC(=O)COc2ccc(C3=CCOB3O)cc2)[C@]2(C)[C@H](C)CC[C@]3(CCC(=O)[C@H]32)[C@@H](C)[C@@H]1O. The highest BCUT2D eigenvalue weighted by Gasteiger charge is 2.68. The molecule has 8 heteroatoms. The van der Waals surface area contributed by atoms with Crippen LogP contribution in [0.1, 0.15) is 65.4 Å². The second kappa shape index (κ2) is 10.2. The molecule has 4 aliphatic rings. The van der Waals surface area contributed by atoms with Crippen molar-refractivity contribution in [3.8, 4) is 5.75 Å². The van der Waals surface area contributed by atoms with Gasteiger partial charge in [-0.1, -0.05) is 52.0 Å². The summed E-state index contributed by atoms with van der Waals surface area (Å²) in [5.41, 5.74) is -0.00534. The first-order valence-corrected chi connectivity index (χ1v) is 14.2. The van der Waals surface area contributed by atoms with Gasteiger partial charge in [0.1, 0.15) is 17.6 Å². The molecular weight excluding hydrogens is 495 g/mol. The molecule has 210 valence electrons. The van der Waals surface area contributed by atoms with Crippen LogP contribution >= 0.6 is 0 Å². The van der Waals surface area contributed by atoms with Crippen molar-refractivity contribution in [2.75, 3.05) is 13.2 Å². The highest BCUT2D eigenvalue weighted by Crippen LogP contribution is 2.68. The minimum Gasteiger partial charge on any atom is -0.482 e. The number of aliphatic hydroxyl groups excluding tert-OH is 1. The van der Waals surface area contributed by atoms with E-state index in [4.69, 9.17) is 14.1 Å². The Morgan fingerprint density at radius 1 is 1.23 bits per heavy atom. The molecule has 1 aliphatic heterocycles. The predicted octanol–water partition coefficient (Wildman–Crippen LogP) is 4.41. The van der Waals surface area contributed by atoms with Crippen LogP contribution in [0, 0.1) is 34.0 Å². The Morgan fingerprint density at radius 3 is 2.59 bits per heavy atom. The molecule has 5 rings (SSSR count). The first kappa shape index (κ1) is 28.1. The number of ketones is 1. The van der Waals surface area contributed by atoms with Gasteiger partial charge in [-0.15, -0.1) is 6.58 Å². The van der Waals surface area contributed by atoms with Crippen molar-refractivity contribution in [2.24, 2.45) is 34.0 Å². The van der Waals surface area contributed by atoms with Crippen LogP contribution in [-0.2, 0) is 19.0 Å². The van der Waals surface area contributed by atoms with Gasteiger partial charge in [0.25, 0.3) is 0 Å². The highest BCUT2D eigenvalue weighted by atomic mass is 16.6. The normalized spacial score (nSPS) is 39.8. The lowest BCUT2D eigenvalue weighted by molar-refractivity contribution is -0.207. The summed E-state index contributed by atoms with van der Waals surface area (Å²) in [5, 5.41) is 21.6. The third kappa shape index (κ3) is 4.49. The van der Waals surface area contributed by atoms with Crippen molar-refractivity contribution >= 4 is 24.3 Å². The number of hydrogen-bond donors (Lipinski definition) is 2. The summed E-state index contributed by atoms with van der Waals surface area (Å²) >= 11 is 0. The maximum atomic E-state index is 13.5. The van der Waals surface area contributed by atoms with Crippen LogP contribution in [0.5, 0.6) is 5.75 Å². The van der Waals surface area contributed by atoms with Crippen LogP contribution in [0.4, 0.5) is 0 Å². The minimum atomic E-state index is -0.938. The maximum absolute atomic E-state index is 13.5. The molecule has 0 saturated heterocycles. The van der Waals surface area contributed by atoms with Crippen LogP contribution in [0.25, 0.3) is 5.47 Å². The number of esters is 1. The zero-order valence-corrected chi connectivity index (χ0v) is 23.5. The summed E-state index contributed by atoms with van der Waals surface area (Å²) in [6.07, 6.45) is 5.85. The van der Waals surface area contributed by atoms with Gasteiger partial charge in [0.05, 0.1) is 12.7 Å². The van der Waals surface area contributed by atoms with Crippen molar-refractivity contribution in [2.45, 2.75) is 72.0 Å². The molecule has 3 saturated carbocycles. The Labute approximate surface area is 231 Å². The van der Waals surface area contributed by atoms with E-state index in [0.717, 1.165) is 24.8 Å². The average molecular weight is 536 g/mol. The standard InChI is InChI=1S/C31H41BO7/c1-6-29(4)17-25(30(5)19(2)11-14-31(20(3)28(29)35)15-12-24(33)27(30)31)39-26(34)18-37-22-9-7-21(8-10-22)23-13-16-38-32(23)36/h6-10,13,19-20,25,27-28,35-36H,1,11-12,14-18H2,2-5H3/t19-,20+,25-,27+,28+,29-,30+,31+/m1/s1. The molecule has 2 bridgehead atoms. The smallest absolute Gasteiger partial charge is 0.482 e. The molecule has 2 N–H and O–H groups in total. The van der Waals surface area contributed by atoms with E-state index >= 15 is 0 Å². The average Bonchev–Trinajstić information content (AvgIpc) is 3.52. The third-order valence-corrected chi connectivity index (χ3v) is 10.9. The van der Waals surface area contributed by atoms with Gasteiger partial charge in [-0.25, -0.2) is 4.79 Å². The lowest BCUT2D eigenvalue weighted by Gasteiger charge is -2.61. The fourth-order valence-corrected chi connectivity index (χ4v) is 8.26.